The van der Waals surface area contributed by atoms with Crippen molar-refractivity contribution in [3.63, 3.8) is 0 Å². The molecule has 4 atom stereocenters. The molecule has 0 N–H and O–H groups in total. The zero-order chi connectivity index (χ0) is 21.1. The lowest BCUT2D eigenvalue weighted by molar-refractivity contribution is -0.134. The number of benzene rings is 1. The first-order chi connectivity index (χ1) is 13.8. The van der Waals surface area contributed by atoms with Crippen LogP contribution in [-0.4, -0.2) is 42.9 Å². The summed E-state index contributed by atoms with van der Waals surface area (Å²) in [5.74, 6) is 0.561. The highest BCUT2D eigenvalue weighted by Gasteiger charge is 2.64. The smallest absolute Gasteiger partial charge is 0.331 e. The highest BCUT2D eigenvalue weighted by Crippen LogP contribution is 2.66. The van der Waals surface area contributed by atoms with E-state index < -0.39 is 16.8 Å². The second-order valence-electron chi connectivity index (χ2n) is 8.68. The van der Waals surface area contributed by atoms with Crippen LogP contribution in [0, 0.1) is 16.7 Å². The first-order valence-corrected chi connectivity index (χ1v) is 11.5. The van der Waals surface area contributed by atoms with Crippen LogP contribution < -0.4 is 0 Å². The Balaban J connectivity index is 1.74. The van der Waals surface area contributed by atoms with Gasteiger partial charge in [0.05, 0.1) is 37.2 Å². The average Bonchev–Trinajstić information content (AvgIpc) is 3.08. The van der Waals surface area contributed by atoms with E-state index in [0.29, 0.717) is 23.2 Å². The summed E-state index contributed by atoms with van der Waals surface area (Å²) in [6, 6.07) is 9.80. The summed E-state index contributed by atoms with van der Waals surface area (Å²) in [5.41, 5.74) is 0.945. The number of hydrogen-bond donors (Lipinski definition) is 0. The predicted octanol–water partition coefficient (Wildman–Crippen LogP) is 3.85. The molecule has 1 aromatic rings. The van der Waals surface area contributed by atoms with E-state index in [0.717, 1.165) is 24.8 Å². The Kier molecular flexibility index (Phi) is 6.97. The number of esters is 1. The number of methoxy groups -OCH3 is 2. The minimum absolute atomic E-state index is 0.0601. The van der Waals surface area contributed by atoms with Gasteiger partial charge in [-0.2, -0.15) is 0 Å². The highest BCUT2D eigenvalue weighted by molar-refractivity contribution is 7.89. The monoisotopic (exact) mass is 420 g/mol. The molecule has 2 fully saturated rings. The molecule has 2 aliphatic carbocycles. The minimum atomic E-state index is -1.35. The molecule has 0 amide bonds. The van der Waals surface area contributed by atoms with Gasteiger partial charge in [-0.25, -0.2) is 4.79 Å². The molecule has 0 aromatic heterocycles. The van der Waals surface area contributed by atoms with Gasteiger partial charge >= 0.3 is 5.97 Å². The fourth-order valence-electron chi connectivity index (χ4n) is 5.20. The molecule has 0 saturated heterocycles. The van der Waals surface area contributed by atoms with Crippen molar-refractivity contribution in [3.05, 3.63) is 46.9 Å². The zero-order valence-electron chi connectivity index (χ0n) is 17.8. The lowest BCUT2D eigenvalue weighted by atomic mass is 9.69. The van der Waals surface area contributed by atoms with Gasteiger partial charge < -0.3 is 14.2 Å². The van der Waals surface area contributed by atoms with Gasteiger partial charge in [0.25, 0.3) is 0 Å². The van der Waals surface area contributed by atoms with Crippen LogP contribution in [0.15, 0.2) is 41.3 Å². The molecule has 1 aromatic carbocycles. The third-order valence-electron chi connectivity index (χ3n) is 7.16. The van der Waals surface area contributed by atoms with E-state index in [1.165, 1.54) is 13.2 Å². The Morgan fingerprint density at radius 1 is 1.24 bits per heavy atom. The molecule has 0 heterocycles. The summed E-state index contributed by atoms with van der Waals surface area (Å²) in [5, 5.41) is 0. The number of carbonyl (C=O) groups is 1. The molecule has 160 valence electrons. The van der Waals surface area contributed by atoms with E-state index in [2.05, 4.69) is 13.8 Å². The van der Waals surface area contributed by atoms with Gasteiger partial charge in [0.1, 0.15) is 0 Å². The molecule has 2 saturated carbocycles. The number of hydrogen-bond acceptors (Lipinski definition) is 5. The summed E-state index contributed by atoms with van der Waals surface area (Å²) in [7, 11) is 1.72. The van der Waals surface area contributed by atoms with Crippen molar-refractivity contribution < 1.29 is 23.2 Å². The maximum absolute atomic E-state index is 13.4. The Hall–Kier alpha value is -1.50. The van der Waals surface area contributed by atoms with Crippen LogP contribution in [-0.2, 0) is 36.4 Å². The van der Waals surface area contributed by atoms with Crippen LogP contribution in [0.2, 0.25) is 0 Å². The Morgan fingerprint density at radius 3 is 2.59 bits per heavy atom. The number of rotatable bonds is 9. The van der Waals surface area contributed by atoms with Crippen LogP contribution in [0.3, 0.4) is 0 Å². The fourth-order valence-corrected chi connectivity index (χ4v) is 7.00. The molecule has 5 nitrogen and oxygen atoms in total. The van der Waals surface area contributed by atoms with Gasteiger partial charge in [-0.1, -0.05) is 44.2 Å². The third-order valence-corrected chi connectivity index (χ3v) is 8.76. The van der Waals surface area contributed by atoms with Gasteiger partial charge in [-0.15, -0.1) is 0 Å². The van der Waals surface area contributed by atoms with E-state index in [4.69, 9.17) is 14.2 Å². The molecule has 0 spiro atoms. The van der Waals surface area contributed by atoms with Crippen molar-refractivity contribution in [2.45, 2.75) is 45.8 Å². The van der Waals surface area contributed by atoms with Crippen molar-refractivity contribution in [3.8, 4) is 0 Å². The van der Waals surface area contributed by atoms with Gasteiger partial charge in [0.15, 0.2) is 0 Å². The van der Waals surface area contributed by atoms with E-state index in [1.807, 2.05) is 30.3 Å². The Bertz CT molecular complexity index is 773. The Morgan fingerprint density at radius 2 is 1.97 bits per heavy atom. The maximum atomic E-state index is 13.4. The van der Waals surface area contributed by atoms with Crippen LogP contribution in [0.4, 0.5) is 0 Å². The van der Waals surface area contributed by atoms with Crippen molar-refractivity contribution >= 4 is 16.8 Å². The minimum Gasteiger partial charge on any atom is -0.466 e. The van der Waals surface area contributed by atoms with Crippen molar-refractivity contribution in [2.24, 2.45) is 16.7 Å². The summed E-state index contributed by atoms with van der Waals surface area (Å²) in [4.78, 5) is 12.4. The van der Waals surface area contributed by atoms with Gasteiger partial charge in [-0.3, -0.25) is 4.21 Å². The van der Waals surface area contributed by atoms with Gasteiger partial charge in [-0.05, 0) is 36.2 Å². The number of carbonyl (C=O) groups excluding carboxylic acids is 1. The third kappa shape index (κ3) is 4.35. The standard InChI is InChI=1S/C23H32O5S/c1-22(2)18-10-11-23(22,20(12-18)26-3)16-29(25)19(13-21(24)27-4)15-28-14-17-8-6-5-7-9-17/h5-9,13,18,20H,10-12,14-16H2,1-4H3/b19-13+/t18?,20-,23-,29?/m1/s1. The van der Waals surface area contributed by atoms with Gasteiger partial charge in [0.2, 0.25) is 0 Å². The fraction of sp³-hybridized carbons (Fsp3) is 0.609. The summed E-state index contributed by atoms with van der Waals surface area (Å²) in [6.07, 6.45) is 4.59. The Labute approximate surface area is 176 Å². The normalized spacial score (nSPS) is 29.0. The number of fused-ring (bicyclic) bond motifs is 2. The lowest BCUT2D eigenvalue weighted by Gasteiger charge is -2.41. The van der Waals surface area contributed by atoms with Crippen LogP contribution in [0.5, 0.6) is 0 Å². The quantitative estimate of drug-likeness (QED) is 0.449. The average molecular weight is 421 g/mol. The molecule has 29 heavy (non-hydrogen) atoms. The largest absolute Gasteiger partial charge is 0.466 e. The van der Waals surface area contributed by atoms with Crippen LogP contribution in [0.25, 0.3) is 0 Å². The van der Waals surface area contributed by atoms with Crippen molar-refractivity contribution in [2.75, 3.05) is 26.6 Å². The first kappa shape index (κ1) is 22.2. The molecule has 2 bridgehead atoms. The molecule has 0 radical (unpaired) electrons. The number of ether oxygens (including phenoxy) is 3. The molecule has 0 aliphatic heterocycles. The zero-order valence-corrected chi connectivity index (χ0v) is 18.6. The molecular formula is C23H32O5S. The topological polar surface area (TPSA) is 61.8 Å². The van der Waals surface area contributed by atoms with E-state index in [1.54, 1.807) is 7.11 Å². The summed E-state index contributed by atoms with van der Waals surface area (Å²) in [6.45, 7) is 5.08. The molecule has 2 unspecified atom stereocenters. The molecular weight excluding hydrogens is 388 g/mol. The van der Waals surface area contributed by atoms with Gasteiger partial charge in [0, 0.05) is 29.3 Å². The van der Waals surface area contributed by atoms with Crippen LogP contribution in [0.1, 0.15) is 38.7 Å². The molecule has 2 aliphatic rings. The highest BCUT2D eigenvalue weighted by atomic mass is 32.2. The lowest BCUT2D eigenvalue weighted by Crippen LogP contribution is -2.44. The SMILES string of the molecule is COC(=O)/C=C(\COCc1ccccc1)S(=O)C[C@]12CCC(C[C@H]1OC)C2(C)C. The van der Waals surface area contributed by atoms with Crippen LogP contribution >= 0.6 is 0 Å². The van der Waals surface area contributed by atoms with E-state index >= 15 is 0 Å². The van der Waals surface area contributed by atoms with E-state index in [-0.39, 0.29) is 23.5 Å². The summed E-state index contributed by atoms with van der Waals surface area (Å²) < 4.78 is 29.8. The van der Waals surface area contributed by atoms with E-state index in [9.17, 15) is 9.00 Å². The van der Waals surface area contributed by atoms with Crippen molar-refractivity contribution in [1.82, 2.24) is 0 Å². The second-order valence-corrected chi connectivity index (χ2v) is 10.2. The molecule has 3 rings (SSSR count). The first-order valence-electron chi connectivity index (χ1n) is 10.2. The molecule has 6 heteroatoms. The summed E-state index contributed by atoms with van der Waals surface area (Å²) >= 11 is 0. The van der Waals surface area contributed by atoms with Crippen molar-refractivity contribution in [1.29, 1.82) is 0 Å². The second kappa shape index (κ2) is 9.11. The maximum Gasteiger partial charge on any atom is 0.331 e. The predicted molar refractivity (Wildman–Crippen MR) is 114 cm³/mol.